The van der Waals surface area contributed by atoms with Gasteiger partial charge >= 0.3 is 6.18 Å². The smallest absolute Gasteiger partial charge is 0.341 e. The predicted octanol–water partition coefficient (Wildman–Crippen LogP) is 2.48. The highest BCUT2D eigenvalue weighted by molar-refractivity contribution is 5.85. The Morgan fingerprint density at radius 3 is 2.50 bits per heavy atom. The molecule has 0 spiro atoms. The first-order valence-electron chi connectivity index (χ1n) is 5.87. The van der Waals surface area contributed by atoms with E-state index in [9.17, 15) is 18.0 Å². The molecule has 1 unspecified atom stereocenters. The average Bonchev–Trinajstić information content (AvgIpc) is 2.36. The Labute approximate surface area is 122 Å². The van der Waals surface area contributed by atoms with Crippen LogP contribution in [0.2, 0.25) is 0 Å². The summed E-state index contributed by atoms with van der Waals surface area (Å²) >= 11 is 0. The van der Waals surface area contributed by atoms with Gasteiger partial charge in [0.25, 0.3) is 0 Å². The van der Waals surface area contributed by atoms with Crippen LogP contribution in [-0.4, -0.2) is 30.4 Å². The first-order valence-corrected chi connectivity index (χ1v) is 5.87. The van der Waals surface area contributed by atoms with E-state index in [0.29, 0.717) is 12.1 Å². The fraction of sp³-hybridized carbons (Fsp3) is 0.462. The summed E-state index contributed by atoms with van der Waals surface area (Å²) in [7, 11) is 1.59. The molecule has 2 N–H and O–H groups in total. The zero-order valence-corrected chi connectivity index (χ0v) is 12.1. The molecule has 0 heterocycles. The zero-order chi connectivity index (χ0) is 14.6. The lowest BCUT2D eigenvalue weighted by atomic mass is 10.1. The Kier molecular flexibility index (Phi) is 7.02. The highest BCUT2D eigenvalue weighted by atomic mass is 35.5. The Morgan fingerprint density at radius 2 is 2.00 bits per heavy atom. The van der Waals surface area contributed by atoms with Gasteiger partial charge in [-0.3, -0.25) is 4.79 Å². The van der Waals surface area contributed by atoms with Crippen molar-refractivity contribution in [2.24, 2.45) is 5.73 Å². The molecule has 7 heteroatoms. The van der Waals surface area contributed by atoms with E-state index < -0.39 is 11.7 Å². The van der Waals surface area contributed by atoms with Crippen LogP contribution in [0.4, 0.5) is 13.2 Å². The van der Waals surface area contributed by atoms with Gasteiger partial charge in [0.05, 0.1) is 12.0 Å². The summed E-state index contributed by atoms with van der Waals surface area (Å²) in [5.41, 5.74) is 5.04. The number of hydrogen-bond donors (Lipinski definition) is 1. The lowest BCUT2D eigenvalue weighted by molar-refractivity contribution is -0.138. The zero-order valence-electron chi connectivity index (χ0n) is 11.3. The normalized spacial score (nSPS) is 12.5. The van der Waals surface area contributed by atoms with Crippen molar-refractivity contribution in [2.45, 2.75) is 25.6 Å². The summed E-state index contributed by atoms with van der Waals surface area (Å²) in [6, 6.07) is 4.66. The average molecular weight is 311 g/mol. The van der Waals surface area contributed by atoms with Crippen molar-refractivity contribution in [1.29, 1.82) is 0 Å². The molecule has 0 bridgehead atoms. The van der Waals surface area contributed by atoms with Crippen LogP contribution < -0.4 is 5.73 Å². The summed E-state index contributed by atoms with van der Waals surface area (Å²) in [5, 5.41) is 0. The maximum absolute atomic E-state index is 12.5. The minimum absolute atomic E-state index is 0. The van der Waals surface area contributed by atoms with Gasteiger partial charge in [0.2, 0.25) is 5.91 Å². The highest BCUT2D eigenvalue weighted by Gasteiger charge is 2.30. The van der Waals surface area contributed by atoms with Crippen LogP contribution in [0.3, 0.4) is 0 Å². The molecular weight excluding hydrogens is 293 g/mol. The third kappa shape index (κ3) is 5.02. The van der Waals surface area contributed by atoms with Crippen molar-refractivity contribution in [3.8, 4) is 0 Å². The van der Waals surface area contributed by atoms with Crippen LogP contribution >= 0.6 is 12.4 Å². The van der Waals surface area contributed by atoms with Crippen LogP contribution in [0.15, 0.2) is 24.3 Å². The fourth-order valence-electron chi connectivity index (χ4n) is 1.56. The molecule has 1 aromatic carbocycles. The lowest BCUT2D eigenvalue weighted by Gasteiger charge is -2.23. The number of amides is 1. The second-order valence-corrected chi connectivity index (χ2v) is 4.46. The molecule has 0 saturated carbocycles. The molecule has 3 nitrogen and oxygen atoms in total. The number of benzene rings is 1. The number of nitrogens with two attached hydrogens (primary N) is 1. The van der Waals surface area contributed by atoms with Crippen LogP contribution in [0.25, 0.3) is 0 Å². The molecule has 114 valence electrons. The van der Waals surface area contributed by atoms with Gasteiger partial charge in [-0.15, -0.1) is 12.4 Å². The summed E-state index contributed by atoms with van der Waals surface area (Å²) in [5.74, 6) is -0.253. The van der Waals surface area contributed by atoms with Gasteiger partial charge in [-0.1, -0.05) is 18.2 Å². The number of hydrogen-bond acceptors (Lipinski definition) is 2. The van der Waals surface area contributed by atoms with E-state index >= 15 is 0 Å². The first kappa shape index (κ1) is 18.7. The lowest BCUT2D eigenvalue weighted by Crippen LogP contribution is -2.40. The molecule has 0 aliphatic heterocycles. The summed E-state index contributed by atoms with van der Waals surface area (Å²) in [6.45, 7) is 2.09. The third-order valence-corrected chi connectivity index (χ3v) is 3.01. The van der Waals surface area contributed by atoms with Crippen LogP contribution in [0, 0.1) is 0 Å². The third-order valence-electron chi connectivity index (χ3n) is 3.01. The summed E-state index contributed by atoms with van der Waals surface area (Å²) < 4.78 is 37.6. The Hall–Kier alpha value is -1.27. The van der Waals surface area contributed by atoms with Crippen LogP contribution in [0.1, 0.15) is 18.1 Å². The van der Waals surface area contributed by atoms with Gasteiger partial charge < -0.3 is 10.6 Å². The van der Waals surface area contributed by atoms with E-state index in [1.165, 1.54) is 17.0 Å². The van der Waals surface area contributed by atoms with E-state index in [2.05, 4.69) is 0 Å². The van der Waals surface area contributed by atoms with E-state index in [-0.39, 0.29) is 30.8 Å². The standard InChI is InChI=1S/C13H17F3N2O.ClH/c1-9(8-17)18(2)12(19)7-10-4-3-5-11(6-10)13(14,15)16;/h3-6,9H,7-8,17H2,1-2H3;1H. The first-order chi connectivity index (χ1) is 8.75. The number of nitrogens with zero attached hydrogens (tertiary/aromatic N) is 1. The van der Waals surface area contributed by atoms with Crippen LogP contribution in [0.5, 0.6) is 0 Å². The second kappa shape index (κ2) is 7.50. The van der Waals surface area contributed by atoms with Gasteiger partial charge in [0.15, 0.2) is 0 Å². The van der Waals surface area contributed by atoms with Gasteiger partial charge in [-0.05, 0) is 18.6 Å². The van der Waals surface area contributed by atoms with Crippen molar-refractivity contribution >= 4 is 18.3 Å². The number of carbonyl (C=O) groups excluding carboxylic acids is 1. The van der Waals surface area contributed by atoms with Crippen molar-refractivity contribution in [3.05, 3.63) is 35.4 Å². The fourth-order valence-corrected chi connectivity index (χ4v) is 1.56. The molecule has 0 aromatic heterocycles. The molecular formula is C13H18ClF3N2O. The number of alkyl halides is 3. The number of rotatable bonds is 4. The monoisotopic (exact) mass is 310 g/mol. The summed E-state index contributed by atoms with van der Waals surface area (Å²) in [4.78, 5) is 13.3. The topological polar surface area (TPSA) is 46.3 Å². The molecule has 0 radical (unpaired) electrons. The maximum Gasteiger partial charge on any atom is 0.416 e. The van der Waals surface area contributed by atoms with Crippen LogP contribution in [-0.2, 0) is 17.4 Å². The minimum Gasteiger partial charge on any atom is -0.341 e. The van der Waals surface area contributed by atoms with Gasteiger partial charge in [0.1, 0.15) is 0 Å². The van der Waals surface area contributed by atoms with E-state index in [1.54, 1.807) is 14.0 Å². The Balaban J connectivity index is 0.00000361. The van der Waals surface area contributed by atoms with Crippen molar-refractivity contribution in [1.82, 2.24) is 4.90 Å². The number of carbonyl (C=O) groups is 1. The quantitative estimate of drug-likeness (QED) is 0.928. The molecule has 0 fully saturated rings. The van der Waals surface area contributed by atoms with E-state index in [1.807, 2.05) is 0 Å². The van der Waals surface area contributed by atoms with E-state index in [4.69, 9.17) is 5.73 Å². The number of halogens is 4. The maximum atomic E-state index is 12.5. The predicted molar refractivity (Wildman–Crippen MR) is 73.7 cm³/mol. The largest absolute Gasteiger partial charge is 0.416 e. The molecule has 0 saturated heterocycles. The van der Waals surface area contributed by atoms with Gasteiger partial charge in [-0.25, -0.2) is 0 Å². The van der Waals surface area contributed by atoms with Crippen molar-refractivity contribution < 1.29 is 18.0 Å². The number of likely N-dealkylation sites (N-methyl/N-ethyl adjacent to an activating group) is 1. The van der Waals surface area contributed by atoms with Crippen molar-refractivity contribution in [3.63, 3.8) is 0 Å². The molecule has 1 rings (SSSR count). The Morgan fingerprint density at radius 1 is 1.40 bits per heavy atom. The Bertz CT molecular complexity index is 451. The summed E-state index contributed by atoms with van der Waals surface area (Å²) in [6.07, 6.45) is -4.46. The molecule has 0 aliphatic rings. The molecule has 1 atom stereocenters. The molecule has 0 aliphatic carbocycles. The molecule has 1 aromatic rings. The van der Waals surface area contributed by atoms with E-state index in [0.717, 1.165) is 12.1 Å². The molecule has 1 amide bonds. The SMILES string of the molecule is CC(CN)N(C)C(=O)Cc1cccc(C(F)(F)F)c1.Cl. The van der Waals surface area contributed by atoms with Crippen molar-refractivity contribution in [2.75, 3.05) is 13.6 Å². The highest BCUT2D eigenvalue weighted by Crippen LogP contribution is 2.29. The second-order valence-electron chi connectivity index (χ2n) is 4.46. The molecule has 20 heavy (non-hydrogen) atoms. The van der Waals surface area contributed by atoms with Gasteiger partial charge in [0, 0.05) is 19.6 Å². The minimum atomic E-state index is -4.39. The van der Waals surface area contributed by atoms with Gasteiger partial charge in [-0.2, -0.15) is 13.2 Å².